The fourth-order valence-electron chi connectivity index (χ4n) is 0.878. The Hall–Kier alpha value is -0.950. The van der Waals surface area contributed by atoms with Gasteiger partial charge in [0.15, 0.2) is 5.69 Å². The Morgan fingerprint density at radius 1 is 1.80 bits per heavy atom. The maximum absolute atomic E-state index is 11.1. The second-order valence-corrected chi connectivity index (χ2v) is 5.68. The Morgan fingerprint density at radius 3 is 3.00 bits per heavy atom. The number of carboxylic acids is 1. The summed E-state index contributed by atoms with van der Waals surface area (Å²) >= 11 is 1.23. The van der Waals surface area contributed by atoms with Gasteiger partial charge in [-0.15, -0.1) is 11.3 Å². The van der Waals surface area contributed by atoms with Crippen LogP contribution in [0.3, 0.4) is 0 Å². The fourth-order valence-corrected chi connectivity index (χ4v) is 1.88. The summed E-state index contributed by atoms with van der Waals surface area (Å²) in [5, 5.41) is 12.2. The molecule has 1 heterocycles. The van der Waals surface area contributed by atoms with Crippen LogP contribution in [0, 0.1) is 0 Å². The summed E-state index contributed by atoms with van der Waals surface area (Å²) in [6.45, 7) is 2.32. The minimum absolute atomic E-state index is 0.0197. The maximum atomic E-state index is 11.1. The lowest BCUT2D eigenvalue weighted by Gasteiger charge is -2.09. The van der Waals surface area contributed by atoms with Gasteiger partial charge in [0.2, 0.25) is 0 Å². The van der Waals surface area contributed by atoms with Gasteiger partial charge in [-0.25, -0.2) is 9.78 Å². The van der Waals surface area contributed by atoms with Gasteiger partial charge in [-0.1, -0.05) is 0 Å². The molecule has 15 heavy (non-hydrogen) atoms. The first-order valence-electron chi connectivity index (χ1n) is 4.25. The van der Waals surface area contributed by atoms with E-state index in [1.54, 1.807) is 6.26 Å². The first kappa shape index (κ1) is 12.1. The number of hydrogen-bond donors (Lipinski definition) is 2. The van der Waals surface area contributed by atoms with Crippen LogP contribution in [0.4, 0.5) is 5.00 Å². The second-order valence-electron chi connectivity index (χ2n) is 3.03. The average Bonchev–Trinajstić information content (AvgIpc) is 2.61. The van der Waals surface area contributed by atoms with Gasteiger partial charge in [0.1, 0.15) is 5.00 Å². The van der Waals surface area contributed by atoms with Crippen molar-refractivity contribution in [3.8, 4) is 0 Å². The molecule has 1 aromatic rings. The van der Waals surface area contributed by atoms with E-state index < -0.39 is 16.8 Å². The molecule has 0 saturated carbocycles. The monoisotopic (exact) mass is 248 g/mol. The molecule has 5 nitrogen and oxygen atoms in total. The molecule has 2 N–H and O–H groups in total. The number of carbonyl (C=O) groups is 1. The van der Waals surface area contributed by atoms with Crippen LogP contribution in [-0.4, -0.2) is 38.3 Å². The second kappa shape index (κ2) is 5.22. The zero-order chi connectivity index (χ0) is 11.4. The first-order chi connectivity index (χ1) is 7.02. The van der Waals surface area contributed by atoms with E-state index in [-0.39, 0.29) is 10.9 Å². The maximum Gasteiger partial charge on any atom is 0.357 e. The van der Waals surface area contributed by atoms with E-state index in [4.69, 9.17) is 5.11 Å². The molecule has 1 aromatic heterocycles. The van der Waals surface area contributed by atoms with Crippen molar-refractivity contribution in [2.45, 2.75) is 12.2 Å². The van der Waals surface area contributed by atoms with Crippen molar-refractivity contribution in [2.24, 2.45) is 0 Å². The molecule has 0 amide bonds. The normalized spacial score (nSPS) is 14.5. The molecule has 2 atom stereocenters. The van der Waals surface area contributed by atoms with Gasteiger partial charge >= 0.3 is 5.97 Å². The third-order valence-electron chi connectivity index (χ3n) is 1.89. The van der Waals surface area contributed by atoms with Crippen LogP contribution in [0.25, 0.3) is 0 Å². The summed E-state index contributed by atoms with van der Waals surface area (Å²) in [5.41, 5.74) is 1.49. The molecule has 84 valence electrons. The Labute approximate surface area is 94.0 Å². The molecule has 1 rings (SSSR count). The van der Waals surface area contributed by atoms with E-state index >= 15 is 0 Å². The molecule has 0 aliphatic rings. The van der Waals surface area contributed by atoms with Crippen molar-refractivity contribution in [1.29, 1.82) is 0 Å². The smallest absolute Gasteiger partial charge is 0.357 e. The number of nitrogens with zero attached hydrogens (tertiary/aromatic N) is 1. The molecule has 0 aliphatic carbocycles. The highest BCUT2D eigenvalue weighted by Crippen LogP contribution is 2.19. The summed E-state index contributed by atoms with van der Waals surface area (Å²) in [6, 6.07) is 0. The van der Waals surface area contributed by atoms with Crippen molar-refractivity contribution >= 4 is 33.1 Å². The lowest BCUT2D eigenvalue weighted by Crippen LogP contribution is -2.21. The topological polar surface area (TPSA) is 79.3 Å². The van der Waals surface area contributed by atoms with Crippen molar-refractivity contribution < 1.29 is 14.1 Å². The summed E-state index contributed by atoms with van der Waals surface area (Å²) in [4.78, 5) is 14.4. The minimum Gasteiger partial charge on any atom is -0.476 e. The molecular formula is C8H12N2O3S2. The third-order valence-corrected chi connectivity index (χ3v) is 3.97. The Kier molecular flexibility index (Phi) is 4.22. The predicted octanol–water partition coefficient (Wildman–Crippen LogP) is 1.02. The largest absolute Gasteiger partial charge is 0.476 e. The summed E-state index contributed by atoms with van der Waals surface area (Å²) < 4.78 is 11.1. The SMILES string of the molecule is CC(CNc1scnc1C(=O)O)S(C)=O. The Bertz CT molecular complexity index is 378. The standard InChI is InChI=1S/C8H12N2O3S2/c1-5(15(2)13)3-9-7-6(8(11)12)10-4-14-7/h4-5,9H,3H2,1-2H3,(H,11,12). The fraction of sp³-hybridized carbons (Fsp3) is 0.500. The van der Waals surface area contributed by atoms with Crippen LogP contribution in [-0.2, 0) is 10.8 Å². The zero-order valence-electron chi connectivity index (χ0n) is 8.39. The minimum atomic E-state index is -1.05. The summed E-state index contributed by atoms with van der Waals surface area (Å²) in [6.07, 6.45) is 1.62. The van der Waals surface area contributed by atoms with Crippen LogP contribution < -0.4 is 5.32 Å². The average molecular weight is 248 g/mol. The molecule has 0 bridgehead atoms. The summed E-state index contributed by atoms with van der Waals surface area (Å²) in [5.74, 6) is -1.05. The van der Waals surface area contributed by atoms with E-state index in [1.807, 2.05) is 6.92 Å². The molecule has 2 unspecified atom stereocenters. The quantitative estimate of drug-likeness (QED) is 0.813. The van der Waals surface area contributed by atoms with Crippen molar-refractivity contribution in [3.63, 3.8) is 0 Å². The number of anilines is 1. The van der Waals surface area contributed by atoms with Crippen LogP contribution >= 0.6 is 11.3 Å². The molecule has 0 saturated heterocycles. The molecule has 0 radical (unpaired) electrons. The summed E-state index contributed by atoms with van der Waals surface area (Å²) in [7, 11) is -0.915. The van der Waals surface area contributed by atoms with Crippen LogP contribution in [0.15, 0.2) is 5.51 Å². The van der Waals surface area contributed by atoms with Gasteiger partial charge in [-0.2, -0.15) is 0 Å². The number of nitrogens with one attached hydrogen (secondary N) is 1. The lowest BCUT2D eigenvalue weighted by atomic mass is 10.4. The number of thiazole rings is 1. The highest BCUT2D eigenvalue weighted by atomic mass is 32.2. The van der Waals surface area contributed by atoms with Crippen LogP contribution in [0.1, 0.15) is 17.4 Å². The molecule has 0 aliphatic heterocycles. The van der Waals surface area contributed by atoms with E-state index in [1.165, 1.54) is 16.8 Å². The number of aromatic carboxylic acids is 1. The lowest BCUT2D eigenvalue weighted by molar-refractivity contribution is 0.0692. The number of rotatable bonds is 5. The zero-order valence-corrected chi connectivity index (χ0v) is 10.0. The van der Waals surface area contributed by atoms with Gasteiger partial charge in [-0.05, 0) is 6.92 Å². The molecule has 0 spiro atoms. The number of carboxylic acid groups (broad SMARTS) is 1. The van der Waals surface area contributed by atoms with E-state index in [0.717, 1.165) is 0 Å². The Balaban J connectivity index is 2.61. The molecule has 0 aromatic carbocycles. The van der Waals surface area contributed by atoms with E-state index in [0.29, 0.717) is 11.5 Å². The van der Waals surface area contributed by atoms with Gasteiger partial charge in [-0.3, -0.25) is 4.21 Å². The Morgan fingerprint density at radius 2 is 2.47 bits per heavy atom. The predicted molar refractivity (Wildman–Crippen MR) is 61.1 cm³/mol. The molecular weight excluding hydrogens is 236 g/mol. The van der Waals surface area contributed by atoms with Crippen molar-refractivity contribution in [3.05, 3.63) is 11.2 Å². The molecule has 0 fully saturated rings. The van der Waals surface area contributed by atoms with Gasteiger partial charge in [0.25, 0.3) is 0 Å². The van der Waals surface area contributed by atoms with Gasteiger partial charge < -0.3 is 10.4 Å². The van der Waals surface area contributed by atoms with Crippen LogP contribution in [0.2, 0.25) is 0 Å². The van der Waals surface area contributed by atoms with Crippen molar-refractivity contribution in [1.82, 2.24) is 4.98 Å². The number of hydrogen-bond acceptors (Lipinski definition) is 5. The van der Waals surface area contributed by atoms with E-state index in [9.17, 15) is 9.00 Å². The highest BCUT2D eigenvalue weighted by Gasteiger charge is 2.14. The third kappa shape index (κ3) is 3.28. The number of aromatic nitrogens is 1. The van der Waals surface area contributed by atoms with Crippen LogP contribution in [0.5, 0.6) is 0 Å². The molecule has 7 heteroatoms. The van der Waals surface area contributed by atoms with Gasteiger partial charge in [0.05, 0.1) is 5.51 Å². The van der Waals surface area contributed by atoms with Gasteiger partial charge in [0, 0.05) is 28.9 Å². The highest BCUT2D eigenvalue weighted by molar-refractivity contribution is 7.84. The van der Waals surface area contributed by atoms with E-state index in [2.05, 4.69) is 10.3 Å². The first-order valence-corrected chi connectivity index (χ1v) is 6.75. The van der Waals surface area contributed by atoms with Crippen molar-refractivity contribution in [2.75, 3.05) is 18.1 Å².